The number of carbonyl (C=O) groups excluding carboxylic acids is 1. The molecule has 27 heavy (non-hydrogen) atoms. The fourth-order valence-corrected chi connectivity index (χ4v) is 3.35. The summed E-state index contributed by atoms with van der Waals surface area (Å²) in [6, 6.07) is 3.66. The molecule has 1 N–H and O–H groups in total. The molecular weight excluding hydrogens is 385 g/mol. The molecule has 3 aromatic heterocycles. The highest BCUT2D eigenvalue weighted by molar-refractivity contribution is 7.16. The number of amides is 1. The minimum Gasteiger partial charge on any atom is -0.349 e. The van der Waals surface area contributed by atoms with Crippen LogP contribution in [0.1, 0.15) is 21.2 Å². The zero-order valence-electron chi connectivity index (χ0n) is 14.3. The molecule has 0 saturated carbocycles. The highest BCUT2D eigenvalue weighted by Crippen LogP contribution is 2.26. The van der Waals surface area contributed by atoms with Crippen LogP contribution >= 0.6 is 11.3 Å². The number of thiazole rings is 1. The molecule has 3 rings (SSSR count). The van der Waals surface area contributed by atoms with Gasteiger partial charge >= 0.3 is 11.9 Å². The second kappa shape index (κ2) is 7.02. The van der Waals surface area contributed by atoms with Gasteiger partial charge in [0.15, 0.2) is 5.13 Å². The van der Waals surface area contributed by atoms with E-state index < -0.39 is 23.6 Å². The molecule has 3 aromatic rings. The molecule has 1 amide bonds. The van der Waals surface area contributed by atoms with Crippen LogP contribution in [-0.4, -0.2) is 36.4 Å². The van der Waals surface area contributed by atoms with Gasteiger partial charge in [0.2, 0.25) is 5.82 Å². The highest BCUT2D eigenvalue weighted by atomic mass is 32.1. The monoisotopic (exact) mass is 400 g/mol. The maximum Gasteiger partial charge on any atom is 0.451 e. The third-order valence-corrected chi connectivity index (χ3v) is 4.89. The van der Waals surface area contributed by atoms with E-state index in [0.29, 0.717) is 25.0 Å². The van der Waals surface area contributed by atoms with Crippen molar-refractivity contribution in [2.45, 2.75) is 19.6 Å². The zero-order valence-corrected chi connectivity index (χ0v) is 15.1. The van der Waals surface area contributed by atoms with Crippen LogP contribution in [0.5, 0.6) is 0 Å². The van der Waals surface area contributed by atoms with Crippen molar-refractivity contribution in [2.75, 3.05) is 6.54 Å². The molecular formula is C15H15F3N6O2S. The average molecular weight is 400 g/mol. The molecule has 0 fully saturated rings. The number of hydrogen-bond donors (Lipinski definition) is 1. The summed E-state index contributed by atoms with van der Waals surface area (Å²) < 4.78 is 41.2. The van der Waals surface area contributed by atoms with Crippen molar-refractivity contribution in [3.8, 4) is 5.13 Å². The van der Waals surface area contributed by atoms with Crippen molar-refractivity contribution in [3.63, 3.8) is 0 Å². The van der Waals surface area contributed by atoms with E-state index in [1.807, 2.05) is 12.1 Å². The molecule has 0 unspecified atom stereocenters. The maximum absolute atomic E-state index is 12.8. The van der Waals surface area contributed by atoms with E-state index in [9.17, 15) is 22.8 Å². The van der Waals surface area contributed by atoms with Crippen LogP contribution in [-0.2, 0) is 19.8 Å². The number of aryl methyl sites for hydroxylation is 1. The quantitative estimate of drug-likeness (QED) is 0.705. The Balaban J connectivity index is 1.67. The van der Waals surface area contributed by atoms with Crippen LogP contribution in [0.3, 0.4) is 0 Å². The number of nitrogens with zero attached hydrogens (tertiary/aromatic N) is 5. The molecule has 12 heteroatoms. The normalized spacial score (nSPS) is 11.7. The standard InChI is InChI=1S/C15H15F3N6O2S/c1-9-10(27-13(20-9)23-6-3-4-7-23)11(25)19-5-8-24-14(26)22(2)12(21-24)15(16,17)18/h3-4,6-7H,5,8H2,1-2H3,(H,19,25). The smallest absolute Gasteiger partial charge is 0.349 e. The largest absolute Gasteiger partial charge is 0.451 e. The molecule has 0 saturated heterocycles. The summed E-state index contributed by atoms with van der Waals surface area (Å²) in [6.45, 7) is 1.46. The van der Waals surface area contributed by atoms with Gasteiger partial charge in [-0.1, -0.05) is 11.3 Å². The highest BCUT2D eigenvalue weighted by Gasteiger charge is 2.37. The van der Waals surface area contributed by atoms with Gasteiger partial charge in [-0.3, -0.25) is 9.36 Å². The van der Waals surface area contributed by atoms with E-state index in [1.54, 1.807) is 23.9 Å². The first-order chi connectivity index (χ1) is 12.7. The molecule has 3 heterocycles. The van der Waals surface area contributed by atoms with Gasteiger partial charge < -0.3 is 9.88 Å². The topological polar surface area (TPSA) is 86.7 Å². The molecule has 8 nitrogen and oxygen atoms in total. The van der Waals surface area contributed by atoms with Crippen LogP contribution in [0.25, 0.3) is 5.13 Å². The third kappa shape index (κ3) is 3.79. The predicted molar refractivity (Wildman–Crippen MR) is 91.0 cm³/mol. The molecule has 144 valence electrons. The van der Waals surface area contributed by atoms with Crippen LogP contribution in [0, 0.1) is 6.92 Å². The molecule has 0 spiro atoms. The summed E-state index contributed by atoms with van der Waals surface area (Å²) in [7, 11) is 0.997. The summed E-state index contributed by atoms with van der Waals surface area (Å²) in [6.07, 6.45) is -1.13. The van der Waals surface area contributed by atoms with Gasteiger partial charge in [-0.25, -0.2) is 14.5 Å². The van der Waals surface area contributed by atoms with Crippen molar-refractivity contribution in [1.82, 2.24) is 29.2 Å². The number of hydrogen-bond acceptors (Lipinski definition) is 5. The van der Waals surface area contributed by atoms with Gasteiger partial charge in [0, 0.05) is 26.0 Å². The van der Waals surface area contributed by atoms with Crippen molar-refractivity contribution < 1.29 is 18.0 Å². The number of halogens is 3. The first-order valence-electron chi connectivity index (χ1n) is 7.78. The SMILES string of the molecule is Cc1nc(-n2cccc2)sc1C(=O)NCCn1nc(C(F)(F)F)n(C)c1=O. The second-order valence-corrected chi connectivity index (χ2v) is 6.62. The first kappa shape index (κ1) is 18.9. The summed E-state index contributed by atoms with van der Waals surface area (Å²) in [4.78, 5) is 28.8. The van der Waals surface area contributed by atoms with Crippen molar-refractivity contribution in [2.24, 2.45) is 7.05 Å². The van der Waals surface area contributed by atoms with Crippen LogP contribution in [0.15, 0.2) is 29.3 Å². The molecule has 0 aliphatic heterocycles. The van der Waals surface area contributed by atoms with Crippen LogP contribution in [0.2, 0.25) is 0 Å². The minimum absolute atomic E-state index is 0.0523. The molecule has 0 radical (unpaired) electrons. The van der Waals surface area contributed by atoms with Gasteiger partial charge in [-0.15, -0.1) is 5.10 Å². The summed E-state index contributed by atoms with van der Waals surface area (Å²) in [5.74, 6) is -1.70. The molecule has 0 aromatic carbocycles. The van der Waals surface area contributed by atoms with Crippen molar-refractivity contribution >= 4 is 17.2 Å². The minimum atomic E-state index is -4.73. The number of alkyl halides is 3. The van der Waals surface area contributed by atoms with Gasteiger partial charge in [-0.2, -0.15) is 13.2 Å². The predicted octanol–water partition coefficient (Wildman–Crippen LogP) is 1.59. The van der Waals surface area contributed by atoms with Gasteiger partial charge in [0.1, 0.15) is 4.88 Å². The number of carbonyl (C=O) groups is 1. The summed E-state index contributed by atoms with van der Waals surface area (Å²) in [5, 5.41) is 6.48. The van der Waals surface area contributed by atoms with E-state index >= 15 is 0 Å². The lowest BCUT2D eigenvalue weighted by Crippen LogP contribution is -2.31. The Hall–Kier alpha value is -2.89. The van der Waals surface area contributed by atoms with E-state index in [0.717, 1.165) is 7.05 Å². The number of nitrogens with one attached hydrogen (secondary N) is 1. The summed E-state index contributed by atoms with van der Waals surface area (Å²) in [5.41, 5.74) is -0.365. The molecule has 0 aliphatic carbocycles. The van der Waals surface area contributed by atoms with Crippen LogP contribution in [0.4, 0.5) is 13.2 Å². The molecule has 0 atom stereocenters. The third-order valence-electron chi connectivity index (χ3n) is 3.72. The Morgan fingerprint density at radius 2 is 1.96 bits per heavy atom. The lowest BCUT2D eigenvalue weighted by Gasteiger charge is -2.04. The Labute approximate surface area is 154 Å². The lowest BCUT2D eigenvalue weighted by atomic mass is 10.4. The van der Waals surface area contributed by atoms with Crippen molar-refractivity contribution in [1.29, 1.82) is 0 Å². The Morgan fingerprint density at radius 1 is 1.30 bits per heavy atom. The summed E-state index contributed by atoms with van der Waals surface area (Å²) >= 11 is 1.19. The Morgan fingerprint density at radius 3 is 2.56 bits per heavy atom. The fourth-order valence-electron chi connectivity index (χ4n) is 2.40. The maximum atomic E-state index is 12.8. The second-order valence-electron chi connectivity index (χ2n) is 5.64. The van der Waals surface area contributed by atoms with Gasteiger partial charge in [-0.05, 0) is 19.1 Å². The van der Waals surface area contributed by atoms with Crippen LogP contribution < -0.4 is 11.0 Å². The Kier molecular flexibility index (Phi) is 4.91. The average Bonchev–Trinajstić information content (AvgIpc) is 3.29. The molecule has 0 aliphatic rings. The van der Waals surface area contributed by atoms with E-state index in [1.165, 1.54) is 11.3 Å². The van der Waals surface area contributed by atoms with Crippen molar-refractivity contribution in [3.05, 3.63) is 51.4 Å². The van der Waals surface area contributed by atoms with E-state index in [4.69, 9.17) is 0 Å². The lowest BCUT2D eigenvalue weighted by molar-refractivity contribution is -0.147. The Bertz CT molecular complexity index is 1020. The fraction of sp³-hybridized carbons (Fsp3) is 0.333. The number of aromatic nitrogens is 5. The number of rotatable bonds is 5. The van der Waals surface area contributed by atoms with E-state index in [-0.39, 0.29) is 13.1 Å². The van der Waals surface area contributed by atoms with E-state index in [2.05, 4.69) is 15.4 Å². The van der Waals surface area contributed by atoms with Gasteiger partial charge in [0.25, 0.3) is 5.91 Å². The zero-order chi connectivity index (χ0) is 19.8. The van der Waals surface area contributed by atoms with Gasteiger partial charge in [0.05, 0.1) is 12.2 Å². The first-order valence-corrected chi connectivity index (χ1v) is 8.60. The molecule has 0 bridgehead atoms.